The quantitative estimate of drug-likeness (QED) is 0.746. The first-order valence-electron chi connectivity index (χ1n) is 5.65. The Hall–Kier alpha value is -1.12. The lowest BCUT2D eigenvalue weighted by molar-refractivity contribution is 0.320. The molecule has 0 N–H and O–H groups in total. The van der Waals surface area contributed by atoms with E-state index in [0.717, 1.165) is 30.2 Å². The average Bonchev–Trinajstić information content (AvgIpc) is 2.17. The Labute approximate surface area is 91.9 Å². The number of aromatic nitrogens is 2. The largest absolute Gasteiger partial charge is 0.478 e. The van der Waals surface area contributed by atoms with Crippen LogP contribution in [0.3, 0.4) is 0 Å². The van der Waals surface area contributed by atoms with Crippen molar-refractivity contribution in [2.45, 2.75) is 47.0 Å². The van der Waals surface area contributed by atoms with E-state index in [0.29, 0.717) is 6.61 Å². The molecule has 15 heavy (non-hydrogen) atoms. The van der Waals surface area contributed by atoms with Crippen LogP contribution in [0.15, 0.2) is 0 Å². The summed E-state index contributed by atoms with van der Waals surface area (Å²) < 4.78 is 5.54. The standard InChI is InChI=1S/C12H20N2O/c1-5-7-8-11-9(3)13-10(4)14-12(11)15-6-2/h5-8H2,1-4H3. The lowest BCUT2D eigenvalue weighted by Crippen LogP contribution is -2.05. The predicted octanol–water partition coefficient (Wildman–Crippen LogP) is 2.83. The van der Waals surface area contributed by atoms with Gasteiger partial charge >= 0.3 is 0 Å². The third-order valence-electron chi connectivity index (χ3n) is 2.35. The van der Waals surface area contributed by atoms with Gasteiger partial charge in [0.1, 0.15) is 5.82 Å². The van der Waals surface area contributed by atoms with E-state index in [1.54, 1.807) is 0 Å². The summed E-state index contributed by atoms with van der Waals surface area (Å²) in [6, 6.07) is 0. The monoisotopic (exact) mass is 208 g/mol. The summed E-state index contributed by atoms with van der Waals surface area (Å²) in [4.78, 5) is 8.72. The van der Waals surface area contributed by atoms with Gasteiger partial charge in [0.25, 0.3) is 0 Å². The van der Waals surface area contributed by atoms with Gasteiger partial charge in [-0.2, -0.15) is 4.98 Å². The number of hydrogen-bond donors (Lipinski definition) is 0. The zero-order chi connectivity index (χ0) is 11.3. The van der Waals surface area contributed by atoms with Crippen molar-refractivity contribution in [3.05, 3.63) is 17.1 Å². The Morgan fingerprint density at radius 2 is 1.87 bits per heavy atom. The van der Waals surface area contributed by atoms with Crippen molar-refractivity contribution in [1.29, 1.82) is 0 Å². The third-order valence-corrected chi connectivity index (χ3v) is 2.35. The highest BCUT2D eigenvalue weighted by Crippen LogP contribution is 2.20. The zero-order valence-corrected chi connectivity index (χ0v) is 10.1. The van der Waals surface area contributed by atoms with E-state index in [-0.39, 0.29) is 0 Å². The van der Waals surface area contributed by atoms with E-state index in [1.165, 1.54) is 12.0 Å². The smallest absolute Gasteiger partial charge is 0.220 e. The highest BCUT2D eigenvalue weighted by molar-refractivity contribution is 5.30. The molecule has 0 saturated heterocycles. The van der Waals surface area contributed by atoms with Gasteiger partial charge < -0.3 is 4.74 Å². The molecule has 1 rings (SSSR count). The molecule has 1 heterocycles. The van der Waals surface area contributed by atoms with Crippen molar-refractivity contribution < 1.29 is 4.74 Å². The summed E-state index contributed by atoms with van der Waals surface area (Å²) in [5, 5.41) is 0. The first-order valence-corrected chi connectivity index (χ1v) is 5.65. The number of hydrogen-bond acceptors (Lipinski definition) is 3. The highest BCUT2D eigenvalue weighted by atomic mass is 16.5. The van der Waals surface area contributed by atoms with Crippen LogP contribution < -0.4 is 4.74 Å². The SMILES string of the molecule is CCCCc1c(C)nc(C)nc1OCC. The molecule has 0 radical (unpaired) electrons. The summed E-state index contributed by atoms with van der Waals surface area (Å²) in [5.41, 5.74) is 2.23. The topological polar surface area (TPSA) is 35.0 Å². The Kier molecular flexibility index (Phi) is 4.53. The van der Waals surface area contributed by atoms with Crippen molar-refractivity contribution in [3.63, 3.8) is 0 Å². The molecule has 0 aromatic carbocycles. The maximum atomic E-state index is 5.54. The molecule has 0 aliphatic heterocycles. The molecule has 3 heteroatoms. The molecule has 0 saturated carbocycles. The summed E-state index contributed by atoms with van der Waals surface area (Å²) in [6.07, 6.45) is 3.35. The number of rotatable bonds is 5. The molecule has 84 valence electrons. The molecule has 3 nitrogen and oxygen atoms in total. The molecule has 0 bridgehead atoms. The van der Waals surface area contributed by atoms with Crippen LogP contribution in [0.1, 0.15) is 43.8 Å². The Balaban J connectivity index is 2.97. The Morgan fingerprint density at radius 3 is 2.47 bits per heavy atom. The first kappa shape index (κ1) is 12.0. The first-order chi connectivity index (χ1) is 7.19. The second-order valence-electron chi connectivity index (χ2n) is 3.68. The number of nitrogens with zero attached hydrogens (tertiary/aromatic N) is 2. The number of aryl methyl sites for hydroxylation is 2. The van der Waals surface area contributed by atoms with Crippen LogP contribution in [0.25, 0.3) is 0 Å². The molecule has 0 fully saturated rings. The lowest BCUT2D eigenvalue weighted by Gasteiger charge is -2.11. The van der Waals surface area contributed by atoms with E-state index < -0.39 is 0 Å². The molecule has 1 aromatic heterocycles. The van der Waals surface area contributed by atoms with Gasteiger partial charge in [0.05, 0.1) is 6.61 Å². The predicted molar refractivity (Wildman–Crippen MR) is 61.3 cm³/mol. The molecule has 0 unspecified atom stereocenters. The van der Waals surface area contributed by atoms with Crippen molar-refractivity contribution in [2.24, 2.45) is 0 Å². The summed E-state index contributed by atoms with van der Waals surface area (Å²) >= 11 is 0. The maximum Gasteiger partial charge on any atom is 0.220 e. The average molecular weight is 208 g/mol. The van der Waals surface area contributed by atoms with Gasteiger partial charge in [-0.3, -0.25) is 0 Å². The van der Waals surface area contributed by atoms with Crippen LogP contribution in [0, 0.1) is 13.8 Å². The molecule has 0 aliphatic carbocycles. The normalized spacial score (nSPS) is 10.4. The van der Waals surface area contributed by atoms with Crippen LogP contribution in [0.5, 0.6) is 5.88 Å². The van der Waals surface area contributed by atoms with Crippen LogP contribution in [0.2, 0.25) is 0 Å². The van der Waals surface area contributed by atoms with Gasteiger partial charge in [-0.05, 0) is 33.6 Å². The minimum absolute atomic E-state index is 0.662. The zero-order valence-electron chi connectivity index (χ0n) is 10.1. The van der Waals surface area contributed by atoms with E-state index in [4.69, 9.17) is 4.74 Å². The van der Waals surface area contributed by atoms with Crippen molar-refractivity contribution >= 4 is 0 Å². The summed E-state index contributed by atoms with van der Waals surface area (Å²) in [7, 11) is 0. The van der Waals surface area contributed by atoms with Gasteiger partial charge in [-0.15, -0.1) is 0 Å². The van der Waals surface area contributed by atoms with Crippen LogP contribution in [0.4, 0.5) is 0 Å². The van der Waals surface area contributed by atoms with Gasteiger partial charge in [-0.1, -0.05) is 13.3 Å². The minimum atomic E-state index is 0.662. The number of unbranched alkanes of at least 4 members (excludes halogenated alkanes) is 1. The van der Waals surface area contributed by atoms with Crippen LogP contribution in [-0.4, -0.2) is 16.6 Å². The third kappa shape index (κ3) is 3.18. The number of ether oxygens (including phenoxy) is 1. The van der Waals surface area contributed by atoms with E-state index in [2.05, 4.69) is 16.9 Å². The molecule has 1 aromatic rings. The second-order valence-corrected chi connectivity index (χ2v) is 3.68. The maximum absolute atomic E-state index is 5.54. The summed E-state index contributed by atoms with van der Waals surface area (Å²) in [5.74, 6) is 1.56. The van der Waals surface area contributed by atoms with Crippen molar-refractivity contribution in [3.8, 4) is 5.88 Å². The fourth-order valence-corrected chi connectivity index (χ4v) is 1.60. The molecule has 0 amide bonds. The second kappa shape index (κ2) is 5.69. The van der Waals surface area contributed by atoms with Gasteiger partial charge in [0.2, 0.25) is 5.88 Å². The van der Waals surface area contributed by atoms with E-state index >= 15 is 0 Å². The molecular formula is C12H20N2O. The molecule has 0 atom stereocenters. The van der Waals surface area contributed by atoms with Crippen molar-refractivity contribution in [2.75, 3.05) is 6.61 Å². The summed E-state index contributed by atoms with van der Waals surface area (Å²) in [6.45, 7) is 8.76. The lowest BCUT2D eigenvalue weighted by atomic mass is 10.1. The fourth-order valence-electron chi connectivity index (χ4n) is 1.60. The van der Waals surface area contributed by atoms with Gasteiger partial charge in [0, 0.05) is 11.3 Å². The van der Waals surface area contributed by atoms with Crippen LogP contribution >= 0.6 is 0 Å². The van der Waals surface area contributed by atoms with Crippen molar-refractivity contribution in [1.82, 2.24) is 9.97 Å². The van der Waals surface area contributed by atoms with Gasteiger partial charge in [0.15, 0.2) is 0 Å². The molecular weight excluding hydrogens is 188 g/mol. The Bertz CT molecular complexity index is 324. The van der Waals surface area contributed by atoms with Crippen LogP contribution in [-0.2, 0) is 6.42 Å². The van der Waals surface area contributed by atoms with E-state index in [9.17, 15) is 0 Å². The minimum Gasteiger partial charge on any atom is -0.478 e. The fraction of sp³-hybridized carbons (Fsp3) is 0.667. The van der Waals surface area contributed by atoms with E-state index in [1.807, 2.05) is 20.8 Å². The highest BCUT2D eigenvalue weighted by Gasteiger charge is 2.10. The Morgan fingerprint density at radius 1 is 1.13 bits per heavy atom. The van der Waals surface area contributed by atoms with Gasteiger partial charge in [-0.25, -0.2) is 4.98 Å². The molecule has 0 aliphatic rings. The molecule has 0 spiro atoms.